The van der Waals surface area contributed by atoms with Crippen molar-refractivity contribution >= 4 is 17.4 Å². The fraction of sp³-hybridized carbons (Fsp3) is 0. The van der Waals surface area contributed by atoms with Crippen LogP contribution < -0.4 is 11.1 Å². The molecule has 0 spiro atoms. The first-order valence-corrected chi connectivity index (χ1v) is 6.08. The molecule has 0 radical (unpaired) electrons. The average molecular weight is 267 g/mol. The van der Waals surface area contributed by atoms with Gasteiger partial charge in [0.25, 0.3) is 6.01 Å². The quantitative estimate of drug-likeness (QED) is 0.633. The molecule has 0 atom stereocenters. The summed E-state index contributed by atoms with van der Waals surface area (Å²) in [5.74, 6) is 0.181. The summed E-state index contributed by atoms with van der Waals surface area (Å²) in [6.07, 6.45) is 1.57. The first-order valence-electron chi connectivity index (χ1n) is 6.08. The molecule has 0 aliphatic rings. The summed E-state index contributed by atoms with van der Waals surface area (Å²) < 4.78 is 5.36. The summed E-state index contributed by atoms with van der Waals surface area (Å²) >= 11 is 0. The van der Waals surface area contributed by atoms with Gasteiger partial charge < -0.3 is 20.6 Å². The highest BCUT2D eigenvalue weighted by atomic mass is 16.4. The standard InChI is InChI=1S/C15H13N3O2/c16-11-6-4-10(5-7-11)14-9-20-15(18-14)17-12-2-1-3-13(19)8-12/h1-9,19H,16H2,(H,17,18). The van der Waals surface area contributed by atoms with Crippen molar-refractivity contribution in [1.29, 1.82) is 0 Å². The number of phenols is 1. The Balaban J connectivity index is 1.82. The molecule has 1 aromatic heterocycles. The number of nitrogen functional groups attached to an aromatic ring is 1. The molecule has 4 N–H and O–H groups in total. The Bertz CT molecular complexity index is 720. The highest BCUT2D eigenvalue weighted by Crippen LogP contribution is 2.24. The maximum absolute atomic E-state index is 9.40. The number of oxazole rings is 1. The fourth-order valence-electron chi connectivity index (χ4n) is 1.82. The predicted molar refractivity (Wildman–Crippen MR) is 77.7 cm³/mol. The molecule has 20 heavy (non-hydrogen) atoms. The highest BCUT2D eigenvalue weighted by Gasteiger charge is 2.06. The number of aromatic hydroxyl groups is 1. The molecule has 0 aliphatic carbocycles. The van der Waals surface area contributed by atoms with E-state index in [0.717, 1.165) is 5.56 Å². The maximum atomic E-state index is 9.40. The van der Waals surface area contributed by atoms with E-state index in [9.17, 15) is 5.11 Å². The number of hydrogen-bond acceptors (Lipinski definition) is 5. The number of phenolic OH excluding ortho intramolecular Hbond substituents is 1. The lowest BCUT2D eigenvalue weighted by atomic mass is 10.1. The predicted octanol–water partition coefficient (Wildman–Crippen LogP) is 3.37. The van der Waals surface area contributed by atoms with Gasteiger partial charge in [-0.2, -0.15) is 4.98 Å². The molecule has 0 bridgehead atoms. The molecular weight excluding hydrogens is 254 g/mol. The van der Waals surface area contributed by atoms with E-state index in [2.05, 4.69) is 10.3 Å². The van der Waals surface area contributed by atoms with Crippen LogP contribution in [0.3, 0.4) is 0 Å². The first-order chi connectivity index (χ1) is 9.70. The second kappa shape index (κ2) is 4.97. The Morgan fingerprint density at radius 2 is 1.90 bits per heavy atom. The topological polar surface area (TPSA) is 84.3 Å². The minimum absolute atomic E-state index is 0.181. The maximum Gasteiger partial charge on any atom is 0.299 e. The number of hydrogen-bond donors (Lipinski definition) is 3. The molecule has 0 saturated heterocycles. The normalized spacial score (nSPS) is 10.4. The number of aromatic nitrogens is 1. The lowest BCUT2D eigenvalue weighted by molar-refractivity contribution is 0.475. The highest BCUT2D eigenvalue weighted by molar-refractivity contribution is 5.63. The van der Waals surface area contributed by atoms with Gasteiger partial charge in [0.15, 0.2) is 0 Å². The van der Waals surface area contributed by atoms with Crippen LogP contribution in [0.25, 0.3) is 11.3 Å². The molecule has 100 valence electrons. The minimum Gasteiger partial charge on any atom is -0.508 e. The summed E-state index contributed by atoms with van der Waals surface area (Å²) in [4.78, 5) is 4.33. The molecule has 3 rings (SSSR count). The Labute approximate surface area is 115 Å². The van der Waals surface area contributed by atoms with Crippen LogP contribution in [-0.4, -0.2) is 10.1 Å². The lowest BCUT2D eigenvalue weighted by Crippen LogP contribution is -1.90. The van der Waals surface area contributed by atoms with E-state index in [4.69, 9.17) is 10.2 Å². The van der Waals surface area contributed by atoms with E-state index in [0.29, 0.717) is 23.1 Å². The van der Waals surface area contributed by atoms with Crippen molar-refractivity contribution in [3.05, 3.63) is 54.8 Å². The Morgan fingerprint density at radius 1 is 1.10 bits per heavy atom. The largest absolute Gasteiger partial charge is 0.508 e. The summed E-state index contributed by atoms with van der Waals surface area (Å²) in [6.45, 7) is 0. The summed E-state index contributed by atoms with van der Waals surface area (Å²) in [5, 5.41) is 12.4. The summed E-state index contributed by atoms with van der Waals surface area (Å²) in [6, 6.07) is 14.5. The molecule has 5 nitrogen and oxygen atoms in total. The van der Waals surface area contributed by atoms with Crippen LogP contribution in [-0.2, 0) is 0 Å². The number of nitrogens with zero attached hydrogens (tertiary/aromatic N) is 1. The van der Waals surface area contributed by atoms with Crippen molar-refractivity contribution < 1.29 is 9.52 Å². The van der Waals surface area contributed by atoms with Crippen LogP contribution in [0.2, 0.25) is 0 Å². The Kier molecular flexibility index (Phi) is 3.01. The molecule has 0 unspecified atom stereocenters. The zero-order chi connectivity index (χ0) is 13.9. The second-order valence-corrected chi connectivity index (χ2v) is 4.34. The zero-order valence-electron chi connectivity index (χ0n) is 10.6. The van der Waals surface area contributed by atoms with E-state index in [-0.39, 0.29) is 5.75 Å². The van der Waals surface area contributed by atoms with Gasteiger partial charge in [0, 0.05) is 23.0 Å². The van der Waals surface area contributed by atoms with Gasteiger partial charge in [-0.25, -0.2) is 0 Å². The number of nitrogens with one attached hydrogen (secondary N) is 1. The molecular formula is C15H13N3O2. The Hall–Kier alpha value is -2.95. The third-order valence-electron chi connectivity index (χ3n) is 2.81. The van der Waals surface area contributed by atoms with Crippen LogP contribution in [0.4, 0.5) is 17.4 Å². The molecule has 5 heteroatoms. The second-order valence-electron chi connectivity index (χ2n) is 4.34. The first kappa shape index (κ1) is 12.1. The summed E-state index contributed by atoms with van der Waals surface area (Å²) in [5.41, 5.74) is 8.69. The van der Waals surface area contributed by atoms with E-state index in [1.807, 2.05) is 30.3 Å². The van der Waals surface area contributed by atoms with Crippen LogP contribution in [0, 0.1) is 0 Å². The van der Waals surface area contributed by atoms with Crippen molar-refractivity contribution in [3.63, 3.8) is 0 Å². The van der Waals surface area contributed by atoms with Crippen LogP contribution in [0.15, 0.2) is 59.2 Å². The molecule has 2 aromatic carbocycles. The van der Waals surface area contributed by atoms with Crippen LogP contribution in [0.1, 0.15) is 0 Å². The Morgan fingerprint density at radius 3 is 2.65 bits per heavy atom. The molecule has 1 heterocycles. The SMILES string of the molecule is Nc1ccc(-c2coc(Nc3cccc(O)c3)n2)cc1. The van der Waals surface area contributed by atoms with Crippen molar-refractivity contribution in [2.45, 2.75) is 0 Å². The minimum atomic E-state index is 0.181. The van der Waals surface area contributed by atoms with Gasteiger partial charge in [0.1, 0.15) is 17.7 Å². The van der Waals surface area contributed by atoms with E-state index >= 15 is 0 Å². The van der Waals surface area contributed by atoms with Gasteiger partial charge in [-0.05, 0) is 24.3 Å². The van der Waals surface area contributed by atoms with Gasteiger partial charge >= 0.3 is 0 Å². The van der Waals surface area contributed by atoms with Gasteiger partial charge in [-0.3, -0.25) is 0 Å². The smallest absolute Gasteiger partial charge is 0.299 e. The van der Waals surface area contributed by atoms with Crippen molar-refractivity contribution in [1.82, 2.24) is 4.98 Å². The molecule has 3 aromatic rings. The number of benzene rings is 2. The van der Waals surface area contributed by atoms with E-state index in [1.165, 1.54) is 0 Å². The molecule has 0 aliphatic heterocycles. The van der Waals surface area contributed by atoms with Crippen LogP contribution in [0.5, 0.6) is 5.75 Å². The third-order valence-corrected chi connectivity index (χ3v) is 2.81. The molecule has 0 fully saturated rings. The third kappa shape index (κ3) is 2.56. The average Bonchev–Trinajstić information content (AvgIpc) is 2.88. The number of rotatable bonds is 3. The van der Waals surface area contributed by atoms with Crippen molar-refractivity contribution in [2.24, 2.45) is 0 Å². The van der Waals surface area contributed by atoms with Gasteiger partial charge in [0.2, 0.25) is 0 Å². The zero-order valence-corrected chi connectivity index (χ0v) is 10.6. The summed E-state index contributed by atoms with van der Waals surface area (Å²) in [7, 11) is 0. The van der Waals surface area contributed by atoms with Crippen molar-refractivity contribution in [3.8, 4) is 17.0 Å². The lowest BCUT2D eigenvalue weighted by Gasteiger charge is -2.01. The monoisotopic (exact) mass is 267 g/mol. The van der Waals surface area contributed by atoms with Gasteiger partial charge in [0.05, 0.1) is 0 Å². The van der Waals surface area contributed by atoms with E-state index < -0.39 is 0 Å². The molecule has 0 amide bonds. The van der Waals surface area contributed by atoms with Crippen molar-refractivity contribution in [2.75, 3.05) is 11.1 Å². The number of anilines is 3. The van der Waals surface area contributed by atoms with Gasteiger partial charge in [-0.15, -0.1) is 0 Å². The molecule has 0 saturated carbocycles. The van der Waals surface area contributed by atoms with Gasteiger partial charge in [-0.1, -0.05) is 18.2 Å². The van der Waals surface area contributed by atoms with E-state index in [1.54, 1.807) is 24.5 Å². The van der Waals surface area contributed by atoms with Crippen LogP contribution >= 0.6 is 0 Å². The fourth-order valence-corrected chi connectivity index (χ4v) is 1.82. The number of nitrogens with two attached hydrogens (primary N) is 1.